The lowest BCUT2D eigenvalue weighted by molar-refractivity contribution is -0.386. The van der Waals surface area contributed by atoms with Crippen molar-refractivity contribution in [2.75, 3.05) is 6.54 Å². The summed E-state index contributed by atoms with van der Waals surface area (Å²) in [7, 11) is 0. The molecule has 0 saturated carbocycles. The number of hydrogen-bond donors (Lipinski definition) is 2. The van der Waals surface area contributed by atoms with Crippen molar-refractivity contribution in [3.8, 4) is 0 Å². The molecule has 1 aromatic carbocycles. The van der Waals surface area contributed by atoms with Gasteiger partial charge in [0.2, 0.25) is 0 Å². The molecule has 1 atom stereocenters. The van der Waals surface area contributed by atoms with Gasteiger partial charge in [0.05, 0.1) is 10.5 Å². The van der Waals surface area contributed by atoms with Crippen molar-refractivity contribution in [2.24, 2.45) is 5.73 Å². The number of aliphatic hydroxyl groups excluding tert-OH is 1. The molecule has 0 aliphatic rings. The summed E-state index contributed by atoms with van der Waals surface area (Å²) in [5, 5.41) is 19.8. The molecule has 0 saturated heterocycles. The molecule has 0 radical (unpaired) electrons. The Morgan fingerprint density at radius 1 is 1.64 bits per heavy atom. The van der Waals surface area contributed by atoms with Crippen LogP contribution in [-0.4, -0.2) is 16.6 Å². The van der Waals surface area contributed by atoms with E-state index in [9.17, 15) is 19.6 Å². The first-order valence-electron chi connectivity index (χ1n) is 3.89. The van der Waals surface area contributed by atoms with E-state index in [-0.39, 0.29) is 12.1 Å². The molecule has 0 fully saturated rings. The van der Waals surface area contributed by atoms with Crippen LogP contribution in [0.15, 0.2) is 18.2 Å². The third-order valence-corrected chi connectivity index (χ3v) is 1.78. The maximum atomic E-state index is 13.1. The van der Waals surface area contributed by atoms with Gasteiger partial charge >= 0.3 is 0 Å². The summed E-state index contributed by atoms with van der Waals surface area (Å²) in [5.41, 5.74) is 4.29. The monoisotopic (exact) mass is 200 g/mol. The zero-order chi connectivity index (χ0) is 10.7. The molecule has 1 aromatic rings. The summed E-state index contributed by atoms with van der Waals surface area (Å²) in [4.78, 5) is 9.73. The Balaban J connectivity index is 3.29. The second kappa shape index (κ2) is 4.12. The van der Waals surface area contributed by atoms with Crippen LogP contribution in [0.2, 0.25) is 0 Å². The molecule has 0 bridgehead atoms. The van der Waals surface area contributed by atoms with Crippen LogP contribution in [0.1, 0.15) is 11.7 Å². The van der Waals surface area contributed by atoms with E-state index in [4.69, 9.17) is 5.73 Å². The van der Waals surface area contributed by atoms with E-state index in [1.54, 1.807) is 0 Å². The lowest BCUT2D eigenvalue weighted by Gasteiger charge is -2.08. The Hall–Kier alpha value is -1.53. The zero-order valence-corrected chi connectivity index (χ0v) is 7.18. The lowest BCUT2D eigenvalue weighted by Crippen LogP contribution is -2.14. The number of nitrogens with zero attached hydrogens (tertiary/aromatic N) is 1. The van der Waals surface area contributed by atoms with Crippen molar-refractivity contribution < 1.29 is 14.4 Å². The molecule has 0 aliphatic carbocycles. The number of nitrogens with two attached hydrogens (primary N) is 1. The molecule has 0 heterocycles. The summed E-state index contributed by atoms with van der Waals surface area (Å²) >= 11 is 0. The molecule has 0 spiro atoms. The molecule has 0 aromatic heterocycles. The van der Waals surface area contributed by atoms with Gasteiger partial charge in [-0.3, -0.25) is 10.1 Å². The summed E-state index contributed by atoms with van der Waals surface area (Å²) < 4.78 is 13.1. The van der Waals surface area contributed by atoms with Gasteiger partial charge < -0.3 is 10.8 Å². The first-order valence-corrected chi connectivity index (χ1v) is 3.89. The number of aliphatic hydroxyl groups is 1. The van der Waals surface area contributed by atoms with Crippen molar-refractivity contribution in [1.82, 2.24) is 0 Å². The van der Waals surface area contributed by atoms with Gasteiger partial charge in [-0.15, -0.1) is 0 Å². The fraction of sp³-hybridized carbons (Fsp3) is 0.250. The molecule has 0 unspecified atom stereocenters. The molecule has 14 heavy (non-hydrogen) atoms. The van der Waals surface area contributed by atoms with Gasteiger partial charge in [0.25, 0.3) is 5.69 Å². The molecule has 3 N–H and O–H groups in total. The van der Waals surface area contributed by atoms with Gasteiger partial charge in [-0.25, -0.2) is 4.39 Å². The highest BCUT2D eigenvalue weighted by molar-refractivity contribution is 5.42. The average molecular weight is 200 g/mol. The van der Waals surface area contributed by atoms with E-state index < -0.39 is 22.5 Å². The number of nitro groups is 1. The summed E-state index contributed by atoms with van der Waals surface area (Å²) in [6, 6.07) is 3.37. The molecule has 76 valence electrons. The number of benzene rings is 1. The molecular weight excluding hydrogens is 191 g/mol. The quantitative estimate of drug-likeness (QED) is 0.555. The fourth-order valence-corrected chi connectivity index (χ4v) is 1.13. The van der Waals surface area contributed by atoms with Crippen LogP contribution in [0, 0.1) is 15.9 Å². The van der Waals surface area contributed by atoms with Gasteiger partial charge in [-0.05, 0) is 6.07 Å². The van der Waals surface area contributed by atoms with Crippen LogP contribution < -0.4 is 5.73 Å². The highest BCUT2D eigenvalue weighted by Crippen LogP contribution is 2.26. The van der Waals surface area contributed by atoms with E-state index in [0.29, 0.717) is 0 Å². The first kappa shape index (κ1) is 10.6. The van der Waals surface area contributed by atoms with Crippen LogP contribution in [0.5, 0.6) is 0 Å². The van der Waals surface area contributed by atoms with E-state index in [1.807, 2.05) is 0 Å². The first-order chi connectivity index (χ1) is 6.57. The van der Waals surface area contributed by atoms with Crippen molar-refractivity contribution >= 4 is 5.69 Å². The summed E-state index contributed by atoms with van der Waals surface area (Å²) in [6.45, 7) is -0.262. The maximum Gasteiger partial charge on any atom is 0.278 e. The SMILES string of the molecule is NC[C@H](O)c1c(F)cccc1[N+](=O)[O-]. The van der Waals surface area contributed by atoms with Gasteiger partial charge in [-0.1, -0.05) is 6.07 Å². The van der Waals surface area contributed by atoms with Crippen LogP contribution >= 0.6 is 0 Å². The van der Waals surface area contributed by atoms with Crippen molar-refractivity contribution in [2.45, 2.75) is 6.10 Å². The smallest absolute Gasteiger partial charge is 0.278 e. The fourth-order valence-electron chi connectivity index (χ4n) is 1.13. The van der Waals surface area contributed by atoms with Gasteiger partial charge in [0.1, 0.15) is 11.9 Å². The molecule has 6 heteroatoms. The van der Waals surface area contributed by atoms with Crippen LogP contribution in [0.4, 0.5) is 10.1 Å². The predicted molar refractivity (Wildman–Crippen MR) is 47.1 cm³/mol. The zero-order valence-electron chi connectivity index (χ0n) is 7.18. The molecule has 0 aliphatic heterocycles. The van der Waals surface area contributed by atoms with Crippen LogP contribution in [0.25, 0.3) is 0 Å². The maximum absolute atomic E-state index is 13.1. The summed E-state index contributed by atoms with van der Waals surface area (Å²) in [5.74, 6) is -0.822. The molecule has 0 amide bonds. The largest absolute Gasteiger partial charge is 0.387 e. The van der Waals surface area contributed by atoms with E-state index in [2.05, 4.69) is 0 Å². The number of nitro benzene ring substituents is 1. The topological polar surface area (TPSA) is 89.4 Å². The van der Waals surface area contributed by atoms with Gasteiger partial charge in [0.15, 0.2) is 0 Å². The highest BCUT2D eigenvalue weighted by atomic mass is 19.1. The minimum atomic E-state index is -1.35. The summed E-state index contributed by atoms with van der Waals surface area (Å²) in [6.07, 6.45) is -1.35. The Morgan fingerprint density at radius 3 is 2.79 bits per heavy atom. The Labute approximate surface area is 79.1 Å². The second-order valence-electron chi connectivity index (χ2n) is 2.68. The van der Waals surface area contributed by atoms with E-state index >= 15 is 0 Å². The van der Waals surface area contributed by atoms with E-state index in [0.717, 1.165) is 12.1 Å². The molecule has 5 nitrogen and oxygen atoms in total. The third-order valence-electron chi connectivity index (χ3n) is 1.78. The van der Waals surface area contributed by atoms with Crippen molar-refractivity contribution in [1.29, 1.82) is 0 Å². The number of rotatable bonds is 3. The normalized spacial score (nSPS) is 12.5. The predicted octanol–water partition coefficient (Wildman–Crippen LogP) is 0.726. The van der Waals surface area contributed by atoms with Crippen LogP contribution in [-0.2, 0) is 0 Å². The van der Waals surface area contributed by atoms with Crippen molar-refractivity contribution in [3.05, 3.63) is 39.7 Å². The minimum absolute atomic E-state index is 0.262. The number of hydrogen-bond acceptors (Lipinski definition) is 4. The van der Waals surface area contributed by atoms with E-state index in [1.165, 1.54) is 6.07 Å². The lowest BCUT2D eigenvalue weighted by atomic mass is 10.1. The minimum Gasteiger partial charge on any atom is -0.387 e. The Bertz CT molecular complexity index is 356. The van der Waals surface area contributed by atoms with Crippen molar-refractivity contribution in [3.63, 3.8) is 0 Å². The third kappa shape index (κ3) is 1.86. The van der Waals surface area contributed by atoms with Crippen LogP contribution in [0.3, 0.4) is 0 Å². The highest BCUT2D eigenvalue weighted by Gasteiger charge is 2.23. The van der Waals surface area contributed by atoms with Gasteiger partial charge in [0, 0.05) is 12.6 Å². The number of halogens is 1. The van der Waals surface area contributed by atoms with Gasteiger partial charge in [-0.2, -0.15) is 0 Å². The average Bonchev–Trinajstić information content (AvgIpc) is 2.16. The Morgan fingerprint density at radius 2 is 2.29 bits per heavy atom. The molecule has 1 rings (SSSR count). The standard InChI is InChI=1S/C8H9FN2O3/c9-5-2-1-3-6(11(13)14)8(5)7(12)4-10/h1-3,7,12H,4,10H2/t7-/m0/s1. The second-order valence-corrected chi connectivity index (χ2v) is 2.68. The Kier molecular flexibility index (Phi) is 3.10. The molecular formula is C8H9FN2O3.